The van der Waals surface area contributed by atoms with Crippen LogP contribution in [0.5, 0.6) is 5.75 Å². The maximum Gasteiger partial charge on any atom is 0.258 e. The third kappa shape index (κ3) is 3.44. The number of amides is 1. The van der Waals surface area contributed by atoms with Gasteiger partial charge >= 0.3 is 0 Å². The molecule has 1 saturated carbocycles. The largest absolute Gasteiger partial charge is 0.483 e. The molecule has 1 amide bonds. The summed E-state index contributed by atoms with van der Waals surface area (Å²) >= 11 is 5.99. The molecule has 110 valence electrons. The predicted octanol–water partition coefficient (Wildman–Crippen LogP) is 2.30. The van der Waals surface area contributed by atoms with Crippen LogP contribution < -0.4 is 10.1 Å². The molecule has 0 bridgehead atoms. The zero-order chi connectivity index (χ0) is 14.8. The molecule has 5 heteroatoms. The van der Waals surface area contributed by atoms with E-state index in [1.807, 2.05) is 13.8 Å². The van der Waals surface area contributed by atoms with Crippen LogP contribution in [0, 0.1) is 12.8 Å². The summed E-state index contributed by atoms with van der Waals surface area (Å²) in [5.74, 6) is 0.738. The van der Waals surface area contributed by atoms with Crippen LogP contribution in [-0.2, 0) is 4.79 Å². The van der Waals surface area contributed by atoms with Crippen molar-refractivity contribution in [1.29, 1.82) is 0 Å². The number of rotatable bonds is 6. The number of hydrogen-bond acceptors (Lipinski definition) is 3. The number of nitrogens with one attached hydrogen (secondary N) is 1. The molecule has 0 radical (unpaired) electrons. The minimum atomic E-state index is -0.538. The van der Waals surface area contributed by atoms with Crippen LogP contribution in [0.4, 0.5) is 0 Å². The number of hydrogen-bond donors (Lipinski definition) is 2. The maximum atomic E-state index is 11.9. The SMILES string of the molecule is Cc1c(Cl)cccc1OCC(=O)NC(C)(CO)C1CC1. The van der Waals surface area contributed by atoms with Crippen molar-refractivity contribution in [3.63, 3.8) is 0 Å². The fourth-order valence-corrected chi connectivity index (χ4v) is 2.40. The van der Waals surface area contributed by atoms with Crippen molar-refractivity contribution in [3.8, 4) is 5.75 Å². The molecule has 1 aromatic rings. The molecule has 1 unspecified atom stereocenters. The van der Waals surface area contributed by atoms with Crippen molar-refractivity contribution in [1.82, 2.24) is 5.32 Å². The molecule has 1 aromatic carbocycles. The van der Waals surface area contributed by atoms with E-state index in [9.17, 15) is 9.90 Å². The van der Waals surface area contributed by atoms with E-state index in [4.69, 9.17) is 16.3 Å². The topological polar surface area (TPSA) is 58.6 Å². The number of halogens is 1. The smallest absolute Gasteiger partial charge is 0.258 e. The van der Waals surface area contributed by atoms with E-state index >= 15 is 0 Å². The van der Waals surface area contributed by atoms with Gasteiger partial charge < -0.3 is 15.2 Å². The molecule has 20 heavy (non-hydrogen) atoms. The molecular formula is C15H20ClNO3. The first-order valence-electron chi connectivity index (χ1n) is 6.76. The Morgan fingerprint density at radius 3 is 2.85 bits per heavy atom. The normalized spacial score (nSPS) is 17.4. The second-order valence-electron chi connectivity index (χ2n) is 5.55. The van der Waals surface area contributed by atoms with Gasteiger partial charge in [-0.1, -0.05) is 17.7 Å². The average Bonchev–Trinajstić information content (AvgIpc) is 3.25. The number of aliphatic hydroxyl groups is 1. The number of ether oxygens (including phenoxy) is 1. The minimum Gasteiger partial charge on any atom is -0.483 e. The highest BCUT2D eigenvalue weighted by Crippen LogP contribution is 2.39. The summed E-state index contributed by atoms with van der Waals surface area (Å²) in [7, 11) is 0. The Kier molecular flexibility index (Phi) is 4.55. The summed E-state index contributed by atoms with van der Waals surface area (Å²) in [6.07, 6.45) is 2.09. The van der Waals surface area contributed by atoms with Crippen LogP contribution in [0.3, 0.4) is 0 Å². The Hall–Kier alpha value is -1.26. The molecule has 0 aliphatic heterocycles. The van der Waals surface area contributed by atoms with Crippen molar-refractivity contribution in [2.24, 2.45) is 5.92 Å². The highest BCUT2D eigenvalue weighted by Gasteiger charge is 2.42. The van der Waals surface area contributed by atoms with Crippen molar-refractivity contribution in [2.75, 3.05) is 13.2 Å². The van der Waals surface area contributed by atoms with E-state index in [1.54, 1.807) is 18.2 Å². The quantitative estimate of drug-likeness (QED) is 0.847. The fourth-order valence-electron chi connectivity index (χ4n) is 2.23. The van der Waals surface area contributed by atoms with Gasteiger partial charge in [0.15, 0.2) is 6.61 Å². The highest BCUT2D eigenvalue weighted by atomic mass is 35.5. The summed E-state index contributed by atoms with van der Waals surface area (Å²) in [5, 5.41) is 12.9. The Balaban J connectivity index is 1.90. The van der Waals surface area contributed by atoms with Crippen LogP contribution in [-0.4, -0.2) is 29.8 Å². The third-order valence-electron chi connectivity index (χ3n) is 3.81. The minimum absolute atomic E-state index is 0.0560. The van der Waals surface area contributed by atoms with Crippen molar-refractivity contribution in [2.45, 2.75) is 32.2 Å². The lowest BCUT2D eigenvalue weighted by molar-refractivity contribution is -0.125. The third-order valence-corrected chi connectivity index (χ3v) is 4.22. The molecular weight excluding hydrogens is 278 g/mol. The molecule has 1 fully saturated rings. The van der Waals surface area contributed by atoms with Gasteiger partial charge in [0.1, 0.15) is 5.75 Å². The molecule has 4 nitrogen and oxygen atoms in total. The average molecular weight is 298 g/mol. The highest BCUT2D eigenvalue weighted by molar-refractivity contribution is 6.31. The standard InChI is InChI=1S/C15H20ClNO3/c1-10-12(16)4-3-5-13(10)20-8-14(19)17-15(2,9-18)11-6-7-11/h3-5,11,18H,6-9H2,1-2H3,(H,17,19). The van der Waals surface area contributed by atoms with Crippen LogP contribution in [0.1, 0.15) is 25.3 Å². The summed E-state index contributed by atoms with van der Waals surface area (Å²) in [6, 6.07) is 5.34. The second-order valence-corrected chi connectivity index (χ2v) is 5.96. The van der Waals surface area contributed by atoms with Crippen LogP contribution in [0.15, 0.2) is 18.2 Å². The molecule has 2 N–H and O–H groups in total. The molecule has 1 atom stereocenters. The first-order chi connectivity index (χ1) is 9.46. The van der Waals surface area contributed by atoms with E-state index in [2.05, 4.69) is 5.32 Å². The monoisotopic (exact) mass is 297 g/mol. The second kappa shape index (κ2) is 6.02. The Morgan fingerprint density at radius 1 is 1.55 bits per heavy atom. The summed E-state index contributed by atoms with van der Waals surface area (Å²) < 4.78 is 5.49. The zero-order valence-corrected chi connectivity index (χ0v) is 12.5. The van der Waals surface area contributed by atoms with Gasteiger partial charge in [-0.15, -0.1) is 0 Å². The summed E-state index contributed by atoms with van der Waals surface area (Å²) in [4.78, 5) is 11.9. The van der Waals surface area contributed by atoms with E-state index < -0.39 is 5.54 Å². The van der Waals surface area contributed by atoms with Gasteiger partial charge in [0, 0.05) is 10.6 Å². The molecule has 0 spiro atoms. The Bertz CT molecular complexity index is 502. The first kappa shape index (κ1) is 15.1. The van der Waals surface area contributed by atoms with Crippen LogP contribution in [0.2, 0.25) is 5.02 Å². The van der Waals surface area contributed by atoms with Gasteiger partial charge in [0.05, 0.1) is 12.1 Å². The number of aliphatic hydroxyl groups excluding tert-OH is 1. The molecule has 1 aliphatic carbocycles. The lowest BCUT2D eigenvalue weighted by atomic mass is 9.97. The van der Waals surface area contributed by atoms with Crippen molar-refractivity contribution in [3.05, 3.63) is 28.8 Å². The van der Waals surface area contributed by atoms with Gasteiger partial charge in [-0.25, -0.2) is 0 Å². The first-order valence-corrected chi connectivity index (χ1v) is 7.14. The van der Waals surface area contributed by atoms with E-state index in [-0.39, 0.29) is 19.1 Å². The zero-order valence-electron chi connectivity index (χ0n) is 11.8. The summed E-state index contributed by atoms with van der Waals surface area (Å²) in [5.41, 5.74) is 0.276. The number of carbonyl (C=O) groups excluding carboxylic acids is 1. The van der Waals surface area contributed by atoms with Crippen LogP contribution in [0.25, 0.3) is 0 Å². The van der Waals surface area contributed by atoms with E-state index in [0.717, 1.165) is 18.4 Å². The van der Waals surface area contributed by atoms with Crippen molar-refractivity contribution < 1.29 is 14.6 Å². The van der Waals surface area contributed by atoms with Gasteiger partial charge in [-0.2, -0.15) is 0 Å². The fraction of sp³-hybridized carbons (Fsp3) is 0.533. The molecule has 1 aliphatic rings. The molecule has 0 saturated heterocycles. The lowest BCUT2D eigenvalue weighted by Crippen LogP contribution is -2.52. The van der Waals surface area contributed by atoms with Gasteiger partial charge in [0.25, 0.3) is 5.91 Å². The van der Waals surface area contributed by atoms with Crippen LogP contribution >= 0.6 is 11.6 Å². The Morgan fingerprint density at radius 2 is 2.25 bits per heavy atom. The Labute approximate surface area is 124 Å². The summed E-state index contributed by atoms with van der Waals surface area (Å²) in [6.45, 7) is 3.58. The van der Waals surface area contributed by atoms with Crippen molar-refractivity contribution >= 4 is 17.5 Å². The van der Waals surface area contributed by atoms with Gasteiger partial charge in [-0.3, -0.25) is 4.79 Å². The maximum absolute atomic E-state index is 11.9. The number of carbonyl (C=O) groups is 1. The van der Waals surface area contributed by atoms with Gasteiger partial charge in [0.2, 0.25) is 0 Å². The molecule has 0 aromatic heterocycles. The molecule has 0 heterocycles. The lowest BCUT2D eigenvalue weighted by Gasteiger charge is -2.28. The van der Waals surface area contributed by atoms with E-state index in [0.29, 0.717) is 16.7 Å². The predicted molar refractivity (Wildman–Crippen MR) is 78.0 cm³/mol. The van der Waals surface area contributed by atoms with Gasteiger partial charge in [-0.05, 0) is 44.7 Å². The molecule has 2 rings (SSSR count). The van der Waals surface area contributed by atoms with E-state index in [1.165, 1.54) is 0 Å². The number of benzene rings is 1.